The fraction of sp³-hybridized carbons (Fsp3) is 0.250. The summed E-state index contributed by atoms with van der Waals surface area (Å²) < 4.78 is 42.3. The number of rotatable bonds is 8. The molecule has 7 nitrogen and oxygen atoms in total. The van der Waals surface area contributed by atoms with Gasteiger partial charge in [-0.25, -0.2) is 0 Å². The molecule has 2 rings (SSSR count). The summed E-state index contributed by atoms with van der Waals surface area (Å²) in [6.07, 6.45) is 0.353. The molecule has 0 bridgehead atoms. The average Bonchev–Trinajstić information content (AvgIpc) is 2.51. The molecule has 0 heterocycles. The molecule has 0 saturated carbocycles. The van der Waals surface area contributed by atoms with Crippen molar-refractivity contribution in [2.24, 2.45) is 0 Å². The fourth-order valence-electron chi connectivity index (χ4n) is 2.41. The lowest BCUT2D eigenvalue weighted by molar-refractivity contribution is 0.360. The quantitative estimate of drug-likeness (QED) is 0.406. The number of para-hydroxylation sites is 1. The second-order valence-corrected chi connectivity index (χ2v) is 9.39. The Morgan fingerprint density at radius 2 is 1.52 bits per heavy atom. The number of benzene rings is 2. The number of anilines is 2. The molecule has 0 spiro atoms. The first-order valence-electron chi connectivity index (χ1n) is 7.59. The van der Waals surface area contributed by atoms with Gasteiger partial charge in [-0.2, -0.15) is 8.42 Å². The van der Waals surface area contributed by atoms with Crippen molar-refractivity contribution in [2.45, 2.75) is 24.3 Å². The van der Waals surface area contributed by atoms with E-state index in [1.807, 2.05) is 54.6 Å². The molecule has 0 aliphatic heterocycles. The summed E-state index contributed by atoms with van der Waals surface area (Å²) in [6.45, 7) is 0. The van der Waals surface area contributed by atoms with Crippen LogP contribution < -0.4 is 5.32 Å². The standard InChI is InChI=1S/C16H20NO6PS/c18-24(19,20)16(25(21,22)23)8-4-5-13-9-11-15(12-10-13)17-14-6-2-1-3-7-14/h1-3,6-7,9-12,16-17H,4-5,8H2,(H2,18,19,20)(H,21,22,23). The van der Waals surface area contributed by atoms with Gasteiger partial charge in [0.05, 0.1) is 0 Å². The first-order chi connectivity index (χ1) is 11.7. The van der Waals surface area contributed by atoms with Crippen molar-refractivity contribution in [3.05, 3.63) is 60.2 Å². The minimum absolute atomic E-state index is 0.223. The Kier molecular flexibility index (Phi) is 6.37. The van der Waals surface area contributed by atoms with Gasteiger partial charge in [-0.3, -0.25) is 9.12 Å². The summed E-state index contributed by atoms with van der Waals surface area (Å²) in [5, 5.41) is 3.23. The molecule has 9 heteroatoms. The Bertz CT molecular complexity index is 833. The third-order valence-electron chi connectivity index (χ3n) is 3.65. The summed E-state index contributed by atoms with van der Waals surface area (Å²) in [4.78, 5) is 16.0. The fourth-order valence-corrected chi connectivity index (χ4v) is 4.79. The normalized spacial score (nSPS) is 13.4. The van der Waals surface area contributed by atoms with Crippen molar-refractivity contribution in [1.82, 2.24) is 0 Å². The Morgan fingerprint density at radius 1 is 0.960 bits per heavy atom. The lowest BCUT2D eigenvalue weighted by atomic mass is 10.1. The van der Waals surface area contributed by atoms with E-state index in [2.05, 4.69) is 5.32 Å². The molecular weight excluding hydrogens is 365 g/mol. The predicted octanol–water partition coefficient (Wildman–Crippen LogP) is 3.14. The lowest BCUT2D eigenvalue weighted by Gasteiger charge is -2.15. The molecular formula is C16H20NO6PS. The largest absolute Gasteiger partial charge is 0.356 e. The highest BCUT2D eigenvalue weighted by Gasteiger charge is 2.38. The van der Waals surface area contributed by atoms with Crippen LogP contribution in [0.5, 0.6) is 0 Å². The number of hydrogen-bond acceptors (Lipinski definition) is 4. The van der Waals surface area contributed by atoms with E-state index in [9.17, 15) is 13.0 Å². The van der Waals surface area contributed by atoms with Crippen LogP contribution in [0.1, 0.15) is 18.4 Å². The van der Waals surface area contributed by atoms with Crippen molar-refractivity contribution in [2.75, 3.05) is 5.32 Å². The molecule has 0 aliphatic carbocycles. The summed E-state index contributed by atoms with van der Waals surface area (Å²) in [6, 6.07) is 17.1. The Balaban J connectivity index is 1.92. The van der Waals surface area contributed by atoms with Gasteiger partial charge in [0, 0.05) is 11.4 Å². The molecule has 4 N–H and O–H groups in total. The van der Waals surface area contributed by atoms with Crippen LogP contribution in [0.4, 0.5) is 11.4 Å². The van der Waals surface area contributed by atoms with Crippen LogP contribution in [0.25, 0.3) is 0 Å². The summed E-state index contributed by atoms with van der Waals surface area (Å²) in [7, 11) is -9.70. The maximum atomic E-state index is 11.2. The van der Waals surface area contributed by atoms with E-state index in [-0.39, 0.29) is 12.8 Å². The van der Waals surface area contributed by atoms with Crippen molar-refractivity contribution in [1.29, 1.82) is 0 Å². The first-order valence-corrected chi connectivity index (χ1v) is 10.8. The predicted molar refractivity (Wildman–Crippen MR) is 96.5 cm³/mol. The van der Waals surface area contributed by atoms with E-state index < -0.39 is 22.7 Å². The molecule has 2 aromatic rings. The van der Waals surface area contributed by atoms with Gasteiger partial charge in [0.15, 0.2) is 4.99 Å². The van der Waals surface area contributed by atoms with E-state index in [0.29, 0.717) is 6.42 Å². The molecule has 0 radical (unpaired) electrons. The van der Waals surface area contributed by atoms with E-state index in [1.165, 1.54) is 0 Å². The minimum atomic E-state index is -4.91. The molecule has 25 heavy (non-hydrogen) atoms. The van der Waals surface area contributed by atoms with Crippen LogP contribution in [0.15, 0.2) is 54.6 Å². The molecule has 0 aliphatic rings. The van der Waals surface area contributed by atoms with Gasteiger partial charge in [-0.05, 0) is 49.1 Å². The van der Waals surface area contributed by atoms with Crippen molar-refractivity contribution < 1.29 is 27.3 Å². The zero-order chi connectivity index (χ0) is 18.5. The second-order valence-electron chi connectivity index (χ2n) is 5.64. The van der Waals surface area contributed by atoms with Crippen LogP contribution in [0.3, 0.4) is 0 Å². The van der Waals surface area contributed by atoms with Crippen molar-refractivity contribution >= 4 is 29.1 Å². The van der Waals surface area contributed by atoms with Gasteiger partial charge >= 0.3 is 7.60 Å². The lowest BCUT2D eigenvalue weighted by Crippen LogP contribution is -2.20. The van der Waals surface area contributed by atoms with Crippen LogP contribution in [0.2, 0.25) is 0 Å². The van der Waals surface area contributed by atoms with E-state index in [4.69, 9.17) is 14.3 Å². The number of nitrogens with one attached hydrogen (secondary N) is 1. The molecule has 136 valence electrons. The summed E-state index contributed by atoms with van der Waals surface area (Å²) >= 11 is 0. The zero-order valence-electron chi connectivity index (χ0n) is 13.3. The smallest absolute Gasteiger partial charge is 0.346 e. The van der Waals surface area contributed by atoms with Gasteiger partial charge in [-0.15, -0.1) is 0 Å². The van der Waals surface area contributed by atoms with E-state index in [0.717, 1.165) is 16.9 Å². The molecule has 0 amide bonds. The Morgan fingerprint density at radius 3 is 2.04 bits per heavy atom. The van der Waals surface area contributed by atoms with E-state index in [1.54, 1.807) is 0 Å². The zero-order valence-corrected chi connectivity index (χ0v) is 15.0. The van der Waals surface area contributed by atoms with E-state index >= 15 is 0 Å². The van der Waals surface area contributed by atoms with Gasteiger partial charge < -0.3 is 15.1 Å². The number of hydrogen-bond donors (Lipinski definition) is 4. The average molecular weight is 385 g/mol. The van der Waals surface area contributed by atoms with Crippen molar-refractivity contribution in [3.8, 4) is 0 Å². The van der Waals surface area contributed by atoms with Crippen molar-refractivity contribution in [3.63, 3.8) is 0 Å². The van der Waals surface area contributed by atoms with Crippen LogP contribution in [-0.4, -0.2) is 27.7 Å². The molecule has 0 aromatic heterocycles. The highest BCUT2D eigenvalue weighted by Crippen LogP contribution is 2.46. The second kappa shape index (κ2) is 8.12. The highest BCUT2D eigenvalue weighted by molar-refractivity contribution is 7.93. The van der Waals surface area contributed by atoms with Crippen LogP contribution in [-0.2, 0) is 21.1 Å². The SMILES string of the molecule is O=P(O)(O)C(CCCc1ccc(Nc2ccccc2)cc1)S(=O)(=O)O. The first kappa shape index (κ1) is 19.6. The molecule has 0 fully saturated rings. The van der Waals surface area contributed by atoms with Gasteiger partial charge in [0.2, 0.25) is 0 Å². The van der Waals surface area contributed by atoms with Gasteiger partial charge in [-0.1, -0.05) is 30.3 Å². The Hall–Kier alpha value is -1.70. The minimum Gasteiger partial charge on any atom is -0.356 e. The summed E-state index contributed by atoms with van der Waals surface area (Å²) in [5.41, 5.74) is 2.74. The topological polar surface area (TPSA) is 124 Å². The third-order valence-corrected chi connectivity index (χ3v) is 7.21. The maximum absolute atomic E-state index is 11.2. The molecule has 1 atom stereocenters. The van der Waals surface area contributed by atoms with Gasteiger partial charge in [0.1, 0.15) is 0 Å². The number of aryl methyl sites for hydroxylation is 1. The molecule has 1 unspecified atom stereocenters. The van der Waals surface area contributed by atoms with Crippen LogP contribution in [0, 0.1) is 0 Å². The van der Waals surface area contributed by atoms with Gasteiger partial charge in [0.25, 0.3) is 10.1 Å². The van der Waals surface area contributed by atoms with Crippen LogP contribution >= 0.6 is 7.60 Å². The maximum Gasteiger partial charge on any atom is 0.346 e. The third kappa shape index (κ3) is 6.26. The summed E-state index contributed by atoms with van der Waals surface area (Å²) in [5.74, 6) is 0. The Labute approximate surface area is 146 Å². The highest BCUT2D eigenvalue weighted by atomic mass is 32.2. The molecule has 2 aromatic carbocycles. The molecule has 0 saturated heterocycles. The monoisotopic (exact) mass is 385 g/mol.